The standard InChI is InChI=1S/C34H48F5N5O14/c1-20(45)41-30-32(49)31(48)22(57-34(30)50)19-56-7-2-21-18-44(43-42-21)6-11-54-15-17-55-16-14-53-10-5-40-23(46)3-8-51-12-13-52-9-4-24(47)58-33-28(38)26(36)25(35)27(37)29(33)39/h18,22,30-32,34,48-50H,2-17,19H2,1H3,(H,40,46)(H,41,45)/t22-,30-,31+,32-,34-/m1/s1. The first-order valence-corrected chi connectivity index (χ1v) is 18.1. The molecule has 1 aliphatic rings. The van der Waals surface area contributed by atoms with Gasteiger partial charge in [-0.2, -0.15) is 8.78 Å². The van der Waals surface area contributed by atoms with Gasteiger partial charge in [0.05, 0.1) is 97.9 Å². The average molecular weight is 846 g/mol. The molecule has 3 rings (SSSR count). The second kappa shape index (κ2) is 26.2. The van der Waals surface area contributed by atoms with Crippen LogP contribution in [-0.4, -0.2) is 165 Å². The Kier molecular flexibility index (Phi) is 21.8. The van der Waals surface area contributed by atoms with Gasteiger partial charge in [0, 0.05) is 32.5 Å². The minimum absolute atomic E-state index is 0.0116. The highest BCUT2D eigenvalue weighted by molar-refractivity contribution is 5.76. The molecule has 5 atom stereocenters. The number of carbonyl (C=O) groups is 3. The van der Waals surface area contributed by atoms with E-state index in [-0.39, 0.29) is 65.1 Å². The number of halogens is 5. The minimum atomic E-state index is -2.37. The van der Waals surface area contributed by atoms with Gasteiger partial charge in [-0.1, -0.05) is 5.21 Å². The Morgan fingerprint density at radius 1 is 0.741 bits per heavy atom. The minimum Gasteiger partial charge on any atom is -0.420 e. The number of benzene rings is 1. The Balaban J connectivity index is 1.07. The number of aliphatic hydroxyl groups is 3. The topological polar surface area (TPSA) is 241 Å². The van der Waals surface area contributed by atoms with Gasteiger partial charge in [-0.3, -0.25) is 14.4 Å². The van der Waals surface area contributed by atoms with E-state index < -0.39 is 83.8 Å². The van der Waals surface area contributed by atoms with Crippen molar-refractivity contribution in [1.82, 2.24) is 25.6 Å². The maximum Gasteiger partial charge on any atom is 0.313 e. The smallest absolute Gasteiger partial charge is 0.313 e. The van der Waals surface area contributed by atoms with E-state index in [0.717, 1.165) is 0 Å². The molecule has 1 aliphatic heterocycles. The summed E-state index contributed by atoms with van der Waals surface area (Å²) in [5, 5.41) is 43.6. The predicted octanol–water partition coefficient (Wildman–Crippen LogP) is -0.939. The van der Waals surface area contributed by atoms with Crippen molar-refractivity contribution in [3.63, 3.8) is 0 Å². The maximum atomic E-state index is 13.6. The molecular weight excluding hydrogens is 797 g/mol. The van der Waals surface area contributed by atoms with Crippen LogP contribution in [0.25, 0.3) is 0 Å². The highest BCUT2D eigenvalue weighted by atomic mass is 19.2. The summed E-state index contributed by atoms with van der Waals surface area (Å²) in [5.74, 6) is -15.1. The molecule has 0 bridgehead atoms. The number of hydrogen-bond donors (Lipinski definition) is 5. The molecule has 2 aromatic rings. The third kappa shape index (κ3) is 16.7. The molecule has 2 heterocycles. The molecule has 58 heavy (non-hydrogen) atoms. The molecule has 24 heteroatoms. The van der Waals surface area contributed by atoms with E-state index in [1.54, 1.807) is 10.9 Å². The van der Waals surface area contributed by atoms with Crippen molar-refractivity contribution in [2.75, 3.05) is 85.8 Å². The zero-order valence-electron chi connectivity index (χ0n) is 31.5. The second-order valence-electron chi connectivity index (χ2n) is 12.4. The number of hydrogen-bond acceptors (Lipinski definition) is 16. The van der Waals surface area contributed by atoms with Crippen LogP contribution in [0.2, 0.25) is 0 Å². The first kappa shape index (κ1) is 48.4. The zero-order valence-corrected chi connectivity index (χ0v) is 31.5. The van der Waals surface area contributed by atoms with Crippen molar-refractivity contribution < 1.29 is 89.6 Å². The van der Waals surface area contributed by atoms with Crippen LogP contribution in [0.5, 0.6) is 5.75 Å². The van der Waals surface area contributed by atoms with Crippen LogP contribution in [0.15, 0.2) is 6.20 Å². The predicted molar refractivity (Wildman–Crippen MR) is 183 cm³/mol. The summed E-state index contributed by atoms with van der Waals surface area (Å²) in [5.41, 5.74) is 0.655. The number of amides is 2. The SMILES string of the molecule is CC(=O)N[C@@H]1[C@@H](O)[C@@H](O)[C@@H](COCCc2cn(CCOCCOCCOCCNC(=O)CCOCCOCCC(=O)Oc3c(F)c(F)c(F)c(F)c3F)nn2)O[C@H]1O. The average Bonchev–Trinajstić information content (AvgIpc) is 3.65. The van der Waals surface area contributed by atoms with E-state index in [9.17, 15) is 51.7 Å². The van der Waals surface area contributed by atoms with Gasteiger partial charge < -0.3 is 63.8 Å². The molecule has 1 fully saturated rings. The quantitative estimate of drug-likeness (QED) is 0.0174. The highest BCUT2D eigenvalue weighted by Crippen LogP contribution is 2.29. The van der Waals surface area contributed by atoms with Crippen LogP contribution in [0.3, 0.4) is 0 Å². The van der Waals surface area contributed by atoms with Crippen LogP contribution in [-0.2, 0) is 60.5 Å². The van der Waals surface area contributed by atoms with Crippen LogP contribution >= 0.6 is 0 Å². The number of aromatic nitrogens is 3. The Bertz CT molecular complexity index is 1550. The summed E-state index contributed by atoms with van der Waals surface area (Å²) in [6, 6.07) is -1.16. The molecule has 19 nitrogen and oxygen atoms in total. The third-order valence-corrected chi connectivity index (χ3v) is 7.92. The molecule has 328 valence electrons. The van der Waals surface area contributed by atoms with Gasteiger partial charge >= 0.3 is 5.97 Å². The van der Waals surface area contributed by atoms with Crippen LogP contribution < -0.4 is 15.4 Å². The fourth-order valence-electron chi connectivity index (χ4n) is 4.95. The summed E-state index contributed by atoms with van der Waals surface area (Å²) in [7, 11) is 0. The van der Waals surface area contributed by atoms with Crippen LogP contribution in [0.1, 0.15) is 25.5 Å². The molecule has 5 N–H and O–H groups in total. The van der Waals surface area contributed by atoms with Crippen molar-refractivity contribution in [2.24, 2.45) is 0 Å². The zero-order chi connectivity index (χ0) is 42.5. The molecule has 1 aromatic carbocycles. The number of esters is 1. The van der Waals surface area contributed by atoms with E-state index in [1.807, 2.05) is 0 Å². The summed E-state index contributed by atoms with van der Waals surface area (Å²) in [6.45, 7) is 3.78. The lowest BCUT2D eigenvalue weighted by Crippen LogP contribution is -2.64. The van der Waals surface area contributed by atoms with Gasteiger partial charge in [0.1, 0.15) is 24.4 Å². The summed E-state index contributed by atoms with van der Waals surface area (Å²) in [4.78, 5) is 34.8. The molecule has 1 saturated heterocycles. The molecule has 0 aliphatic carbocycles. The van der Waals surface area contributed by atoms with E-state index in [1.165, 1.54) is 6.92 Å². The monoisotopic (exact) mass is 845 g/mol. The van der Waals surface area contributed by atoms with Gasteiger partial charge in [-0.05, 0) is 0 Å². The number of rotatable bonds is 28. The van der Waals surface area contributed by atoms with E-state index >= 15 is 0 Å². The van der Waals surface area contributed by atoms with Gasteiger partial charge in [0.15, 0.2) is 6.29 Å². The van der Waals surface area contributed by atoms with E-state index in [4.69, 9.17) is 33.2 Å². The fraction of sp³-hybridized carbons (Fsp3) is 0.676. The normalized spacial score (nSPS) is 19.3. The number of ether oxygens (including phenoxy) is 8. The van der Waals surface area contributed by atoms with E-state index in [2.05, 4.69) is 25.7 Å². The van der Waals surface area contributed by atoms with E-state index in [0.29, 0.717) is 51.7 Å². The lowest BCUT2D eigenvalue weighted by atomic mass is 9.97. The molecule has 2 amide bonds. The molecule has 0 saturated carbocycles. The Morgan fingerprint density at radius 3 is 1.95 bits per heavy atom. The summed E-state index contributed by atoms with van der Waals surface area (Å²) < 4.78 is 110. The number of aliphatic hydroxyl groups excluding tert-OH is 3. The van der Waals surface area contributed by atoms with Gasteiger partial charge in [0.2, 0.25) is 46.6 Å². The summed E-state index contributed by atoms with van der Waals surface area (Å²) in [6.07, 6.45) is -3.65. The first-order chi connectivity index (χ1) is 27.8. The molecule has 1 aromatic heterocycles. The van der Waals surface area contributed by atoms with Crippen molar-refractivity contribution in [2.45, 2.75) is 63.4 Å². The summed E-state index contributed by atoms with van der Waals surface area (Å²) >= 11 is 0. The van der Waals surface area contributed by atoms with Gasteiger partial charge in [-0.25, -0.2) is 17.9 Å². The molecule has 0 radical (unpaired) electrons. The second-order valence-corrected chi connectivity index (χ2v) is 12.4. The number of nitrogens with zero attached hydrogens (tertiary/aromatic N) is 3. The van der Waals surface area contributed by atoms with Crippen molar-refractivity contribution in [3.05, 3.63) is 41.0 Å². The van der Waals surface area contributed by atoms with Crippen molar-refractivity contribution in [3.8, 4) is 5.75 Å². The third-order valence-electron chi connectivity index (χ3n) is 7.92. The van der Waals surface area contributed by atoms with Crippen LogP contribution in [0.4, 0.5) is 22.0 Å². The van der Waals surface area contributed by atoms with Gasteiger partial charge in [-0.15, -0.1) is 5.10 Å². The lowest BCUT2D eigenvalue weighted by Gasteiger charge is -2.40. The Labute approximate surface area is 328 Å². The molecule has 0 spiro atoms. The maximum absolute atomic E-state index is 13.6. The fourth-order valence-corrected chi connectivity index (χ4v) is 4.95. The van der Waals surface area contributed by atoms with Crippen molar-refractivity contribution in [1.29, 1.82) is 0 Å². The number of carbonyl (C=O) groups excluding carboxylic acids is 3. The van der Waals surface area contributed by atoms with Gasteiger partial charge in [0.25, 0.3) is 0 Å². The highest BCUT2D eigenvalue weighted by Gasteiger charge is 2.44. The van der Waals surface area contributed by atoms with Crippen molar-refractivity contribution >= 4 is 17.8 Å². The van der Waals surface area contributed by atoms with Crippen LogP contribution in [0, 0.1) is 29.1 Å². The largest absolute Gasteiger partial charge is 0.420 e. The Morgan fingerprint density at radius 2 is 1.31 bits per heavy atom. The number of nitrogens with one attached hydrogen (secondary N) is 2. The lowest BCUT2D eigenvalue weighted by molar-refractivity contribution is -0.256. The molecular formula is C34H48F5N5O14. The first-order valence-electron chi connectivity index (χ1n) is 18.1. The Hall–Kier alpha value is -3.98. The molecule has 0 unspecified atom stereocenters.